The van der Waals surface area contributed by atoms with Crippen molar-refractivity contribution < 1.29 is 4.79 Å². The highest BCUT2D eigenvalue weighted by molar-refractivity contribution is 5.51. The third-order valence-corrected chi connectivity index (χ3v) is 3.64. The first-order valence-electron chi connectivity index (χ1n) is 5.57. The number of aldehydes is 1. The van der Waals surface area contributed by atoms with Crippen molar-refractivity contribution in [1.82, 2.24) is 4.57 Å². The Labute approximate surface area is 83.9 Å². The van der Waals surface area contributed by atoms with E-state index in [1.165, 1.54) is 32.1 Å². The van der Waals surface area contributed by atoms with Crippen LogP contribution in [0, 0.1) is 0 Å². The first kappa shape index (κ1) is 8.27. The molecule has 0 saturated heterocycles. The SMILES string of the molecule is O=CCCn1c2c3c(c1CCC2)CC3. The van der Waals surface area contributed by atoms with E-state index in [9.17, 15) is 4.79 Å². The van der Waals surface area contributed by atoms with Gasteiger partial charge in [-0.3, -0.25) is 0 Å². The van der Waals surface area contributed by atoms with Crippen LogP contribution in [0.25, 0.3) is 0 Å². The van der Waals surface area contributed by atoms with Gasteiger partial charge in [-0.1, -0.05) is 0 Å². The monoisotopic (exact) mass is 189 g/mol. The van der Waals surface area contributed by atoms with Gasteiger partial charge >= 0.3 is 0 Å². The van der Waals surface area contributed by atoms with Gasteiger partial charge in [-0.25, -0.2) is 0 Å². The Hall–Kier alpha value is -1.05. The molecule has 0 N–H and O–H groups in total. The van der Waals surface area contributed by atoms with Crippen molar-refractivity contribution in [2.45, 2.75) is 45.1 Å². The van der Waals surface area contributed by atoms with E-state index in [4.69, 9.17) is 0 Å². The first-order chi connectivity index (χ1) is 6.92. The Morgan fingerprint density at radius 2 is 1.71 bits per heavy atom. The number of hydrogen-bond donors (Lipinski definition) is 0. The molecule has 1 aliphatic carbocycles. The van der Waals surface area contributed by atoms with Crippen molar-refractivity contribution in [2.24, 2.45) is 0 Å². The van der Waals surface area contributed by atoms with Crippen molar-refractivity contribution in [3.63, 3.8) is 0 Å². The highest BCUT2D eigenvalue weighted by Gasteiger charge is 2.29. The molecule has 2 nitrogen and oxygen atoms in total. The quantitative estimate of drug-likeness (QED) is 0.663. The number of nitrogens with zero attached hydrogens (tertiary/aromatic N) is 1. The molecule has 1 aromatic rings. The van der Waals surface area contributed by atoms with E-state index in [1.54, 1.807) is 22.5 Å². The minimum Gasteiger partial charge on any atom is -0.348 e. The lowest BCUT2D eigenvalue weighted by atomic mass is 9.90. The molecule has 0 saturated carbocycles. The number of fused-ring (bicyclic) bond motifs is 5. The molecule has 2 aliphatic rings. The fourth-order valence-electron chi connectivity index (χ4n) is 2.95. The maximum Gasteiger partial charge on any atom is 0.121 e. The van der Waals surface area contributed by atoms with E-state index in [1.807, 2.05) is 0 Å². The van der Waals surface area contributed by atoms with E-state index < -0.39 is 0 Å². The summed E-state index contributed by atoms with van der Waals surface area (Å²) in [6.07, 6.45) is 8.06. The summed E-state index contributed by atoms with van der Waals surface area (Å²) in [5, 5.41) is 0. The molecule has 2 heteroatoms. The van der Waals surface area contributed by atoms with Crippen molar-refractivity contribution in [1.29, 1.82) is 0 Å². The number of aromatic nitrogens is 1. The zero-order valence-corrected chi connectivity index (χ0v) is 8.38. The Kier molecular flexibility index (Phi) is 1.76. The smallest absolute Gasteiger partial charge is 0.121 e. The predicted octanol–water partition coefficient (Wildman–Crippen LogP) is 1.66. The van der Waals surface area contributed by atoms with E-state index in [0.29, 0.717) is 6.42 Å². The van der Waals surface area contributed by atoms with Crippen LogP contribution in [0.1, 0.15) is 35.4 Å². The third kappa shape index (κ3) is 0.941. The summed E-state index contributed by atoms with van der Waals surface area (Å²) >= 11 is 0. The van der Waals surface area contributed by atoms with Gasteiger partial charge in [0.15, 0.2) is 0 Å². The van der Waals surface area contributed by atoms with Crippen LogP contribution in [-0.4, -0.2) is 10.9 Å². The maximum atomic E-state index is 10.4. The summed E-state index contributed by atoms with van der Waals surface area (Å²) < 4.78 is 2.43. The van der Waals surface area contributed by atoms with Gasteiger partial charge < -0.3 is 9.36 Å². The molecule has 3 rings (SSSR count). The van der Waals surface area contributed by atoms with Crippen molar-refractivity contribution in [2.75, 3.05) is 0 Å². The van der Waals surface area contributed by atoms with Crippen LogP contribution in [0.3, 0.4) is 0 Å². The zero-order chi connectivity index (χ0) is 9.54. The second-order valence-corrected chi connectivity index (χ2v) is 4.31. The molecule has 74 valence electrons. The summed E-state index contributed by atoms with van der Waals surface area (Å²) in [6.45, 7) is 0.918. The van der Waals surface area contributed by atoms with Gasteiger partial charge in [0.25, 0.3) is 0 Å². The minimum atomic E-state index is 0.674. The number of carbonyl (C=O) groups is 1. The maximum absolute atomic E-state index is 10.4. The molecular weight excluding hydrogens is 174 g/mol. The fourth-order valence-corrected chi connectivity index (χ4v) is 2.95. The molecular formula is C12H15NO. The predicted molar refractivity (Wildman–Crippen MR) is 54.5 cm³/mol. The largest absolute Gasteiger partial charge is 0.348 e. The second kappa shape index (κ2) is 2.97. The highest BCUT2D eigenvalue weighted by Crippen LogP contribution is 2.37. The van der Waals surface area contributed by atoms with Crippen LogP contribution in [-0.2, 0) is 37.0 Å². The number of hydrogen-bond acceptors (Lipinski definition) is 1. The lowest BCUT2D eigenvalue weighted by molar-refractivity contribution is -0.108. The standard InChI is InChI=1S/C12H15NO/c14-8-2-7-13-11-3-1-4-12(13)10-6-5-9(10)11/h8H,1-7H2. The highest BCUT2D eigenvalue weighted by atomic mass is 16.1. The molecule has 1 aliphatic heterocycles. The molecule has 14 heavy (non-hydrogen) atoms. The topological polar surface area (TPSA) is 22.0 Å². The number of rotatable bonds is 3. The summed E-state index contributed by atoms with van der Waals surface area (Å²) in [4.78, 5) is 10.4. The van der Waals surface area contributed by atoms with Crippen molar-refractivity contribution in [3.05, 3.63) is 22.5 Å². The van der Waals surface area contributed by atoms with Gasteiger partial charge in [-0.2, -0.15) is 0 Å². The molecule has 0 radical (unpaired) electrons. The second-order valence-electron chi connectivity index (χ2n) is 4.31. The van der Waals surface area contributed by atoms with Crippen LogP contribution >= 0.6 is 0 Å². The van der Waals surface area contributed by atoms with Crippen molar-refractivity contribution >= 4 is 6.29 Å². The summed E-state index contributed by atoms with van der Waals surface area (Å²) in [5.74, 6) is 0. The van der Waals surface area contributed by atoms with Gasteiger partial charge in [0.2, 0.25) is 0 Å². The van der Waals surface area contributed by atoms with Crippen molar-refractivity contribution in [3.8, 4) is 0 Å². The summed E-state index contributed by atoms with van der Waals surface area (Å²) in [6, 6.07) is 0. The van der Waals surface area contributed by atoms with E-state index in [-0.39, 0.29) is 0 Å². The molecule has 0 aromatic carbocycles. The Bertz CT molecular complexity index is 360. The van der Waals surface area contributed by atoms with E-state index in [0.717, 1.165) is 12.8 Å². The van der Waals surface area contributed by atoms with Gasteiger partial charge in [-0.05, 0) is 43.2 Å². The van der Waals surface area contributed by atoms with Gasteiger partial charge in [0.1, 0.15) is 6.29 Å². The third-order valence-electron chi connectivity index (χ3n) is 3.64. The molecule has 2 bridgehead atoms. The number of carbonyl (C=O) groups excluding carboxylic acids is 1. The lowest BCUT2D eigenvalue weighted by Crippen LogP contribution is -2.13. The van der Waals surface area contributed by atoms with Gasteiger partial charge in [-0.15, -0.1) is 0 Å². The molecule has 1 aromatic heterocycles. The Morgan fingerprint density at radius 3 is 2.21 bits per heavy atom. The summed E-state index contributed by atoms with van der Waals surface area (Å²) in [5.41, 5.74) is 6.36. The fraction of sp³-hybridized carbons (Fsp3) is 0.583. The average molecular weight is 189 g/mol. The lowest BCUT2D eigenvalue weighted by Gasteiger charge is -2.17. The van der Waals surface area contributed by atoms with Crippen LogP contribution in [0.2, 0.25) is 0 Å². The molecule has 2 heterocycles. The average Bonchev–Trinajstić information content (AvgIpc) is 2.26. The first-order valence-corrected chi connectivity index (χ1v) is 5.57. The van der Waals surface area contributed by atoms with Crippen LogP contribution < -0.4 is 0 Å². The van der Waals surface area contributed by atoms with Crippen LogP contribution in [0.4, 0.5) is 0 Å². The van der Waals surface area contributed by atoms with Crippen LogP contribution in [0.5, 0.6) is 0 Å². The van der Waals surface area contributed by atoms with E-state index in [2.05, 4.69) is 4.57 Å². The molecule has 0 unspecified atom stereocenters. The zero-order valence-electron chi connectivity index (χ0n) is 8.38. The van der Waals surface area contributed by atoms with Crippen LogP contribution in [0.15, 0.2) is 0 Å². The van der Waals surface area contributed by atoms with E-state index >= 15 is 0 Å². The van der Waals surface area contributed by atoms with Gasteiger partial charge in [0, 0.05) is 24.4 Å². The molecule has 0 fully saturated rings. The Morgan fingerprint density at radius 1 is 1.07 bits per heavy atom. The molecule has 0 atom stereocenters. The minimum absolute atomic E-state index is 0.674. The molecule has 0 amide bonds. The van der Waals surface area contributed by atoms with Gasteiger partial charge in [0.05, 0.1) is 0 Å². The Balaban J connectivity index is 2.03. The molecule has 0 spiro atoms. The normalized spacial score (nSPS) is 17.4. The summed E-state index contributed by atoms with van der Waals surface area (Å²) in [7, 11) is 0.